The average molecular weight is 433 g/mol. The lowest BCUT2D eigenvalue weighted by atomic mass is 9.93. The molecule has 4 rings (SSSR count). The van der Waals surface area contributed by atoms with Crippen LogP contribution in [0.15, 0.2) is 30.4 Å². The van der Waals surface area contributed by atoms with Crippen molar-refractivity contribution in [3.8, 4) is 11.5 Å². The van der Waals surface area contributed by atoms with Crippen LogP contribution >= 0.6 is 0 Å². The van der Waals surface area contributed by atoms with Gasteiger partial charge in [0.2, 0.25) is 0 Å². The molecule has 1 saturated heterocycles. The number of benzene rings is 1. The van der Waals surface area contributed by atoms with Gasteiger partial charge in [0.15, 0.2) is 11.5 Å². The highest BCUT2D eigenvalue weighted by Gasteiger charge is 2.36. The molecule has 0 amide bonds. The number of carboxylic acids is 2. The van der Waals surface area contributed by atoms with Crippen LogP contribution in [0.1, 0.15) is 18.4 Å². The molecule has 2 aliphatic carbocycles. The van der Waals surface area contributed by atoms with Crippen molar-refractivity contribution < 1.29 is 29.3 Å². The van der Waals surface area contributed by atoms with Crippen LogP contribution in [0.4, 0.5) is 0 Å². The predicted octanol–water partition coefficient (Wildman–Crippen LogP) is 2.19. The van der Waals surface area contributed by atoms with Crippen LogP contribution in [0, 0.1) is 17.8 Å². The van der Waals surface area contributed by atoms with Crippen molar-refractivity contribution in [2.75, 3.05) is 46.9 Å². The van der Waals surface area contributed by atoms with E-state index in [0.717, 1.165) is 48.9 Å². The number of fused-ring (bicyclic) bond motifs is 2. The van der Waals surface area contributed by atoms with Gasteiger partial charge < -0.3 is 24.6 Å². The molecular weight excluding hydrogens is 400 g/mol. The number of rotatable bonds is 6. The van der Waals surface area contributed by atoms with Gasteiger partial charge in [-0.3, -0.25) is 4.90 Å². The Morgan fingerprint density at radius 2 is 1.58 bits per heavy atom. The van der Waals surface area contributed by atoms with Crippen molar-refractivity contribution in [2.45, 2.75) is 19.4 Å². The lowest BCUT2D eigenvalue weighted by molar-refractivity contribution is -0.159. The second-order valence-electron chi connectivity index (χ2n) is 8.42. The Bertz CT molecular complexity index is 791. The van der Waals surface area contributed by atoms with Gasteiger partial charge >= 0.3 is 11.9 Å². The highest BCUT2D eigenvalue weighted by molar-refractivity contribution is 6.27. The second kappa shape index (κ2) is 10.6. The molecule has 3 unspecified atom stereocenters. The molecule has 0 spiro atoms. The van der Waals surface area contributed by atoms with E-state index in [1.54, 1.807) is 14.2 Å². The molecule has 8 heteroatoms. The number of allylic oxidation sites excluding steroid dienone is 2. The van der Waals surface area contributed by atoms with Gasteiger partial charge in [-0.25, -0.2) is 9.59 Å². The lowest BCUT2D eigenvalue weighted by Gasteiger charge is -2.37. The van der Waals surface area contributed by atoms with Gasteiger partial charge in [0.25, 0.3) is 0 Å². The Hall–Kier alpha value is -2.58. The lowest BCUT2D eigenvalue weighted by Crippen LogP contribution is -2.47. The Morgan fingerprint density at radius 1 is 0.935 bits per heavy atom. The summed E-state index contributed by atoms with van der Waals surface area (Å²) < 4.78 is 10.8. The second-order valence-corrected chi connectivity index (χ2v) is 8.42. The smallest absolute Gasteiger partial charge is 0.414 e. The molecule has 3 aliphatic rings. The largest absolute Gasteiger partial charge is 0.493 e. The quantitative estimate of drug-likeness (QED) is 0.521. The Kier molecular flexibility index (Phi) is 7.92. The standard InChI is InChI=1S/C21H30N2O2.C2H2O4/c1-24-20-6-4-17(13-21(20)25-2)14-22-7-9-23(10-8-22)15-19-12-16-3-5-18(19)11-16;3-1(4)2(5)6/h3-6,13,16,18-19H,7-12,14-15H2,1-2H3;(H,3,4)(H,5,6). The molecule has 1 aromatic rings. The molecule has 1 heterocycles. The highest BCUT2D eigenvalue weighted by atomic mass is 16.5. The van der Waals surface area contributed by atoms with Crippen LogP contribution in [0.2, 0.25) is 0 Å². The molecule has 0 aromatic heterocycles. The highest BCUT2D eigenvalue weighted by Crippen LogP contribution is 2.43. The van der Waals surface area contributed by atoms with Crippen molar-refractivity contribution in [2.24, 2.45) is 17.8 Å². The summed E-state index contributed by atoms with van der Waals surface area (Å²) in [5.74, 6) is 0.646. The third kappa shape index (κ3) is 6.21. The van der Waals surface area contributed by atoms with Crippen molar-refractivity contribution in [3.63, 3.8) is 0 Å². The van der Waals surface area contributed by atoms with E-state index < -0.39 is 11.9 Å². The fourth-order valence-corrected chi connectivity index (χ4v) is 4.80. The monoisotopic (exact) mass is 432 g/mol. The molecule has 0 radical (unpaired) electrons. The summed E-state index contributed by atoms with van der Waals surface area (Å²) >= 11 is 0. The van der Waals surface area contributed by atoms with Crippen LogP contribution in [0.3, 0.4) is 0 Å². The number of methoxy groups -OCH3 is 2. The molecular formula is C23H32N2O6. The fraction of sp³-hybridized carbons (Fsp3) is 0.565. The van der Waals surface area contributed by atoms with Gasteiger partial charge in [-0.15, -0.1) is 0 Å². The summed E-state index contributed by atoms with van der Waals surface area (Å²) in [5.41, 5.74) is 1.30. The first kappa shape index (κ1) is 23.1. The first-order valence-electron chi connectivity index (χ1n) is 10.7. The minimum atomic E-state index is -1.82. The maximum absolute atomic E-state index is 9.10. The summed E-state index contributed by atoms with van der Waals surface area (Å²) in [6.07, 6.45) is 7.77. The SMILES string of the molecule is COc1ccc(CN2CCN(CC3CC4C=CC3C4)CC2)cc1OC.O=C(O)C(=O)O. The van der Waals surface area contributed by atoms with Gasteiger partial charge in [-0.2, -0.15) is 0 Å². The minimum absolute atomic E-state index is 0.802. The Morgan fingerprint density at radius 3 is 2.10 bits per heavy atom. The number of piperazine rings is 1. The summed E-state index contributed by atoms with van der Waals surface area (Å²) in [6.45, 7) is 7.01. The zero-order valence-electron chi connectivity index (χ0n) is 18.2. The Balaban J connectivity index is 0.000000401. The van der Waals surface area contributed by atoms with E-state index in [9.17, 15) is 0 Å². The number of hydrogen-bond donors (Lipinski definition) is 2. The van der Waals surface area contributed by atoms with Gasteiger partial charge in [0.1, 0.15) is 0 Å². The van der Waals surface area contributed by atoms with Crippen molar-refractivity contribution >= 4 is 11.9 Å². The van der Waals surface area contributed by atoms with Gasteiger partial charge in [-0.1, -0.05) is 18.2 Å². The van der Waals surface area contributed by atoms with Crippen LogP contribution < -0.4 is 9.47 Å². The number of carbonyl (C=O) groups is 2. The molecule has 8 nitrogen and oxygen atoms in total. The zero-order valence-corrected chi connectivity index (χ0v) is 18.2. The van der Waals surface area contributed by atoms with E-state index in [1.807, 2.05) is 6.07 Å². The van der Waals surface area contributed by atoms with Gasteiger partial charge in [-0.05, 0) is 48.3 Å². The molecule has 31 heavy (non-hydrogen) atoms. The van der Waals surface area contributed by atoms with E-state index in [1.165, 1.54) is 38.0 Å². The molecule has 1 aromatic carbocycles. The first-order chi connectivity index (χ1) is 14.9. The van der Waals surface area contributed by atoms with E-state index in [2.05, 4.69) is 34.1 Å². The third-order valence-electron chi connectivity index (χ3n) is 6.41. The van der Waals surface area contributed by atoms with Crippen molar-refractivity contribution in [1.29, 1.82) is 0 Å². The predicted molar refractivity (Wildman–Crippen MR) is 115 cm³/mol. The summed E-state index contributed by atoms with van der Waals surface area (Å²) in [6, 6.07) is 6.26. The van der Waals surface area contributed by atoms with Gasteiger partial charge in [0, 0.05) is 39.3 Å². The number of aliphatic carboxylic acids is 2. The molecule has 2 bridgehead atoms. The number of carboxylic acid groups (broad SMARTS) is 2. The molecule has 1 aliphatic heterocycles. The minimum Gasteiger partial charge on any atom is -0.493 e. The molecule has 3 atom stereocenters. The molecule has 170 valence electrons. The first-order valence-corrected chi connectivity index (χ1v) is 10.7. The average Bonchev–Trinajstić information content (AvgIpc) is 3.38. The van der Waals surface area contributed by atoms with Crippen molar-refractivity contribution in [3.05, 3.63) is 35.9 Å². The molecule has 1 saturated carbocycles. The third-order valence-corrected chi connectivity index (χ3v) is 6.41. The van der Waals surface area contributed by atoms with Gasteiger partial charge in [0.05, 0.1) is 14.2 Å². The van der Waals surface area contributed by atoms with E-state index >= 15 is 0 Å². The molecule has 2 fully saturated rings. The maximum atomic E-state index is 9.10. The van der Waals surface area contributed by atoms with E-state index in [-0.39, 0.29) is 0 Å². The topological polar surface area (TPSA) is 99.5 Å². The Labute approximate surface area is 183 Å². The zero-order chi connectivity index (χ0) is 22.4. The number of hydrogen-bond acceptors (Lipinski definition) is 6. The normalized spacial score (nSPS) is 25.0. The fourth-order valence-electron chi connectivity index (χ4n) is 4.80. The van der Waals surface area contributed by atoms with E-state index in [4.69, 9.17) is 29.3 Å². The number of nitrogens with zero attached hydrogens (tertiary/aromatic N) is 2. The molecule has 2 N–H and O–H groups in total. The maximum Gasteiger partial charge on any atom is 0.414 e. The van der Waals surface area contributed by atoms with Crippen LogP contribution in [-0.2, 0) is 16.1 Å². The van der Waals surface area contributed by atoms with Crippen LogP contribution in [0.5, 0.6) is 11.5 Å². The van der Waals surface area contributed by atoms with Crippen molar-refractivity contribution in [1.82, 2.24) is 9.80 Å². The van der Waals surface area contributed by atoms with Crippen LogP contribution in [0.25, 0.3) is 0 Å². The summed E-state index contributed by atoms with van der Waals surface area (Å²) in [5, 5.41) is 14.8. The summed E-state index contributed by atoms with van der Waals surface area (Å²) in [4.78, 5) is 23.4. The van der Waals surface area contributed by atoms with E-state index in [0.29, 0.717) is 0 Å². The van der Waals surface area contributed by atoms with Crippen LogP contribution in [-0.4, -0.2) is 78.9 Å². The number of ether oxygens (including phenoxy) is 2. The summed E-state index contributed by atoms with van der Waals surface area (Å²) in [7, 11) is 3.38.